The number of nitrogens with two attached hydrogens (primary N) is 1. The standard InChI is InChI=1S/C25H35N5O6/c1-2-10-28(19-25(35)30(17-22(26)32)16-20-7-4-3-5-8-20)24(34)18-29(11-12-31)23(33)15-27-14-21-9-6-13-36-21/h3-9,13,27,31H,2,10-12,14-19H2,1H3,(H2,26,32). The topological polar surface area (TPSA) is 149 Å². The summed E-state index contributed by atoms with van der Waals surface area (Å²) in [6.07, 6.45) is 2.12. The van der Waals surface area contributed by atoms with E-state index in [4.69, 9.17) is 10.2 Å². The first-order valence-electron chi connectivity index (χ1n) is 11.8. The van der Waals surface area contributed by atoms with Crippen molar-refractivity contribution >= 4 is 23.6 Å². The Morgan fingerprint density at radius 1 is 0.889 bits per heavy atom. The van der Waals surface area contributed by atoms with Crippen LogP contribution in [0.3, 0.4) is 0 Å². The molecule has 0 aliphatic carbocycles. The van der Waals surface area contributed by atoms with Crippen molar-refractivity contribution in [2.75, 3.05) is 45.9 Å². The molecule has 0 aliphatic heterocycles. The molecule has 2 rings (SSSR count). The molecule has 0 unspecified atom stereocenters. The van der Waals surface area contributed by atoms with Gasteiger partial charge in [-0.25, -0.2) is 0 Å². The summed E-state index contributed by atoms with van der Waals surface area (Å²) in [4.78, 5) is 54.3. The van der Waals surface area contributed by atoms with Crippen LogP contribution in [0.5, 0.6) is 0 Å². The molecule has 0 fully saturated rings. The number of carbonyl (C=O) groups is 4. The first kappa shape index (κ1) is 28.5. The molecule has 1 aromatic carbocycles. The van der Waals surface area contributed by atoms with Crippen molar-refractivity contribution in [1.29, 1.82) is 0 Å². The zero-order valence-corrected chi connectivity index (χ0v) is 20.6. The molecule has 2 aromatic rings. The number of nitrogens with zero attached hydrogens (tertiary/aromatic N) is 3. The third kappa shape index (κ3) is 9.88. The molecule has 0 spiro atoms. The molecule has 0 radical (unpaired) electrons. The Kier molecular flexibility index (Phi) is 12.1. The third-order valence-corrected chi connectivity index (χ3v) is 5.29. The second-order valence-electron chi connectivity index (χ2n) is 8.24. The molecule has 11 heteroatoms. The molecule has 1 heterocycles. The highest BCUT2D eigenvalue weighted by Gasteiger charge is 2.25. The Morgan fingerprint density at radius 2 is 1.56 bits per heavy atom. The van der Waals surface area contributed by atoms with Crippen molar-refractivity contribution in [3.8, 4) is 0 Å². The predicted octanol–water partition coefficient (Wildman–Crippen LogP) is -0.0572. The van der Waals surface area contributed by atoms with E-state index in [1.165, 1.54) is 21.0 Å². The summed E-state index contributed by atoms with van der Waals surface area (Å²) in [5.41, 5.74) is 6.17. The van der Waals surface area contributed by atoms with Crippen molar-refractivity contribution in [2.24, 2.45) is 5.73 Å². The highest BCUT2D eigenvalue weighted by molar-refractivity contribution is 5.90. The Bertz CT molecular complexity index is 967. The average molecular weight is 502 g/mol. The van der Waals surface area contributed by atoms with Crippen LogP contribution in [0, 0.1) is 0 Å². The molecule has 0 atom stereocenters. The number of benzene rings is 1. The number of nitrogens with one attached hydrogen (secondary N) is 1. The molecule has 1 aromatic heterocycles. The number of carbonyl (C=O) groups excluding carboxylic acids is 4. The molecular formula is C25H35N5O6. The minimum absolute atomic E-state index is 0.0251. The fraction of sp³-hybridized carbons (Fsp3) is 0.440. The van der Waals surface area contributed by atoms with Gasteiger partial charge in [0.05, 0.1) is 45.6 Å². The first-order valence-corrected chi connectivity index (χ1v) is 11.8. The number of rotatable bonds is 16. The van der Waals surface area contributed by atoms with Gasteiger partial charge in [0.1, 0.15) is 5.76 Å². The van der Waals surface area contributed by atoms with Gasteiger partial charge in [0.2, 0.25) is 23.6 Å². The second kappa shape index (κ2) is 15.3. The van der Waals surface area contributed by atoms with Gasteiger partial charge in [-0.15, -0.1) is 0 Å². The van der Waals surface area contributed by atoms with Gasteiger partial charge in [-0.1, -0.05) is 37.3 Å². The Labute approximate surface area is 210 Å². The number of amides is 4. The smallest absolute Gasteiger partial charge is 0.242 e. The Balaban J connectivity index is 2.01. The fourth-order valence-electron chi connectivity index (χ4n) is 3.54. The quantitative estimate of drug-likeness (QED) is 0.292. The third-order valence-electron chi connectivity index (χ3n) is 5.29. The summed E-state index contributed by atoms with van der Waals surface area (Å²) in [5, 5.41) is 12.3. The van der Waals surface area contributed by atoms with Crippen molar-refractivity contribution in [3.63, 3.8) is 0 Å². The van der Waals surface area contributed by atoms with Gasteiger partial charge < -0.3 is 35.3 Å². The lowest BCUT2D eigenvalue weighted by molar-refractivity contribution is -0.145. The summed E-state index contributed by atoms with van der Waals surface area (Å²) in [7, 11) is 0. The molecule has 11 nitrogen and oxygen atoms in total. The summed E-state index contributed by atoms with van der Waals surface area (Å²) >= 11 is 0. The maximum atomic E-state index is 13.1. The zero-order chi connectivity index (χ0) is 26.3. The van der Waals surface area contributed by atoms with Gasteiger partial charge in [-0.2, -0.15) is 0 Å². The lowest BCUT2D eigenvalue weighted by Gasteiger charge is -2.29. The summed E-state index contributed by atoms with van der Waals surface area (Å²) < 4.78 is 5.21. The highest BCUT2D eigenvalue weighted by atomic mass is 16.3. The average Bonchev–Trinajstić information content (AvgIpc) is 3.37. The van der Waals surface area contributed by atoms with E-state index in [0.29, 0.717) is 18.7 Å². The molecule has 36 heavy (non-hydrogen) atoms. The maximum Gasteiger partial charge on any atom is 0.242 e. The molecule has 0 saturated heterocycles. The minimum Gasteiger partial charge on any atom is -0.468 e. The van der Waals surface area contributed by atoms with E-state index >= 15 is 0 Å². The maximum absolute atomic E-state index is 13.1. The number of aliphatic hydroxyl groups excluding tert-OH is 1. The Morgan fingerprint density at radius 3 is 2.14 bits per heavy atom. The largest absolute Gasteiger partial charge is 0.468 e. The van der Waals surface area contributed by atoms with E-state index in [0.717, 1.165) is 5.56 Å². The summed E-state index contributed by atoms with van der Waals surface area (Å²) in [6, 6.07) is 12.7. The second-order valence-corrected chi connectivity index (χ2v) is 8.24. The van der Waals surface area contributed by atoms with E-state index in [-0.39, 0.29) is 58.3 Å². The van der Waals surface area contributed by atoms with Crippen molar-refractivity contribution in [2.45, 2.75) is 26.4 Å². The van der Waals surface area contributed by atoms with Gasteiger partial charge in [-0.3, -0.25) is 19.2 Å². The molecule has 0 saturated carbocycles. The van der Waals surface area contributed by atoms with Crippen molar-refractivity contribution < 1.29 is 28.7 Å². The van der Waals surface area contributed by atoms with Gasteiger partial charge in [-0.05, 0) is 24.1 Å². The summed E-state index contributed by atoms with van der Waals surface area (Å²) in [5.74, 6) is -1.23. The molecule has 4 N–H and O–H groups in total. The number of aliphatic hydroxyl groups is 1. The van der Waals surface area contributed by atoms with E-state index in [1.54, 1.807) is 12.1 Å². The minimum atomic E-state index is -0.658. The lowest BCUT2D eigenvalue weighted by Crippen LogP contribution is -2.50. The Hall–Kier alpha value is -3.70. The monoisotopic (exact) mass is 501 g/mol. The van der Waals surface area contributed by atoms with Crippen LogP contribution in [0.1, 0.15) is 24.7 Å². The zero-order valence-electron chi connectivity index (χ0n) is 20.6. The van der Waals surface area contributed by atoms with Crippen molar-refractivity contribution in [1.82, 2.24) is 20.0 Å². The normalized spacial score (nSPS) is 10.6. The van der Waals surface area contributed by atoms with E-state index in [1.807, 2.05) is 37.3 Å². The molecule has 0 aliphatic rings. The van der Waals surface area contributed by atoms with E-state index in [2.05, 4.69) is 5.32 Å². The van der Waals surface area contributed by atoms with E-state index < -0.39 is 17.7 Å². The molecule has 4 amide bonds. The van der Waals surface area contributed by atoms with Crippen LogP contribution in [0.2, 0.25) is 0 Å². The van der Waals surface area contributed by atoms with Crippen LogP contribution in [0.15, 0.2) is 53.1 Å². The SMILES string of the molecule is CCCN(CC(=O)N(CC(N)=O)Cc1ccccc1)C(=O)CN(CCO)C(=O)CNCc1ccco1. The van der Waals surface area contributed by atoms with Crippen LogP contribution in [0.25, 0.3) is 0 Å². The number of furan rings is 1. The van der Waals surface area contributed by atoms with Gasteiger partial charge in [0.25, 0.3) is 0 Å². The highest BCUT2D eigenvalue weighted by Crippen LogP contribution is 2.07. The van der Waals surface area contributed by atoms with Crippen molar-refractivity contribution in [3.05, 3.63) is 60.1 Å². The predicted molar refractivity (Wildman–Crippen MR) is 132 cm³/mol. The van der Waals surface area contributed by atoms with E-state index in [9.17, 15) is 24.3 Å². The van der Waals surface area contributed by atoms with Gasteiger partial charge >= 0.3 is 0 Å². The molecular weight excluding hydrogens is 466 g/mol. The van der Waals surface area contributed by atoms with Crippen LogP contribution in [-0.2, 0) is 32.3 Å². The number of hydrogen-bond donors (Lipinski definition) is 3. The number of hydrogen-bond acceptors (Lipinski definition) is 7. The van der Waals surface area contributed by atoms with Gasteiger partial charge in [0.15, 0.2) is 0 Å². The van der Waals surface area contributed by atoms with Crippen LogP contribution in [0.4, 0.5) is 0 Å². The first-order chi connectivity index (χ1) is 17.3. The molecule has 196 valence electrons. The van der Waals surface area contributed by atoms with Crippen LogP contribution in [-0.4, -0.2) is 89.3 Å². The van der Waals surface area contributed by atoms with Crippen LogP contribution < -0.4 is 11.1 Å². The van der Waals surface area contributed by atoms with Crippen LogP contribution >= 0.6 is 0 Å². The van der Waals surface area contributed by atoms with Gasteiger partial charge in [0, 0.05) is 19.6 Å². The molecule has 0 bridgehead atoms. The lowest BCUT2D eigenvalue weighted by atomic mass is 10.2. The summed E-state index contributed by atoms with van der Waals surface area (Å²) in [6.45, 7) is 1.46. The number of primary amides is 1. The fourth-order valence-corrected chi connectivity index (χ4v) is 3.54.